The van der Waals surface area contributed by atoms with Crippen LogP contribution in [0.2, 0.25) is 0 Å². The normalized spacial score (nSPS) is 22.3. The van der Waals surface area contributed by atoms with Gasteiger partial charge in [0.15, 0.2) is 0 Å². The minimum atomic E-state index is -4.81. The monoisotopic (exact) mass is 321 g/mol. The predicted octanol–water partition coefficient (Wildman–Crippen LogP) is 3.86. The van der Waals surface area contributed by atoms with E-state index in [-0.39, 0.29) is 4.75 Å². The summed E-state index contributed by atoms with van der Waals surface area (Å²) >= 11 is 1.70. The first-order valence-electron chi connectivity index (χ1n) is 6.51. The summed E-state index contributed by atoms with van der Waals surface area (Å²) in [6.45, 7) is 2.29. The number of hydrogen-bond acceptors (Lipinski definition) is 2. The van der Waals surface area contributed by atoms with Crippen molar-refractivity contribution in [1.29, 1.82) is 0 Å². The largest absolute Gasteiger partial charge is 0.419 e. The Bertz CT molecular complexity index is 538. The van der Waals surface area contributed by atoms with Crippen LogP contribution in [0.1, 0.15) is 35.7 Å². The lowest BCUT2D eigenvalue weighted by Crippen LogP contribution is -2.37. The van der Waals surface area contributed by atoms with Crippen LogP contribution in [-0.2, 0) is 6.18 Å². The minimum Gasteiger partial charge on any atom is -0.351 e. The summed E-state index contributed by atoms with van der Waals surface area (Å²) in [4.78, 5) is 11.9. The van der Waals surface area contributed by atoms with E-state index in [9.17, 15) is 22.4 Å². The van der Waals surface area contributed by atoms with Crippen LogP contribution in [0.25, 0.3) is 0 Å². The van der Waals surface area contributed by atoms with Crippen LogP contribution in [-0.4, -0.2) is 23.0 Å². The lowest BCUT2D eigenvalue weighted by Gasteiger charge is -2.23. The van der Waals surface area contributed by atoms with E-state index < -0.39 is 29.0 Å². The van der Waals surface area contributed by atoms with Crippen molar-refractivity contribution in [3.63, 3.8) is 0 Å². The Morgan fingerprint density at radius 2 is 2.14 bits per heavy atom. The molecule has 21 heavy (non-hydrogen) atoms. The van der Waals surface area contributed by atoms with Gasteiger partial charge in [-0.1, -0.05) is 6.07 Å². The second-order valence-electron chi connectivity index (χ2n) is 5.25. The van der Waals surface area contributed by atoms with Gasteiger partial charge in [0.25, 0.3) is 5.91 Å². The Morgan fingerprint density at radius 1 is 1.43 bits per heavy atom. The molecular weight excluding hydrogens is 306 g/mol. The molecule has 0 radical (unpaired) electrons. The SMILES string of the molecule is CC1(CNC(=O)c2cccc(C(F)(F)F)c2F)CCCS1. The molecule has 0 aromatic heterocycles. The summed E-state index contributed by atoms with van der Waals surface area (Å²) in [5.74, 6) is -1.34. The molecule has 0 saturated carbocycles. The van der Waals surface area contributed by atoms with Crippen molar-refractivity contribution in [3.8, 4) is 0 Å². The van der Waals surface area contributed by atoms with Gasteiger partial charge in [-0.2, -0.15) is 24.9 Å². The molecule has 1 heterocycles. The predicted molar refractivity (Wildman–Crippen MR) is 73.8 cm³/mol. The quantitative estimate of drug-likeness (QED) is 0.857. The molecule has 116 valence electrons. The van der Waals surface area contributed by atoms with Gasteiger partial charge in [0.05, 0.1) is 11.1 Å². The molecule has 1 fully saturated rings. The highest BCUT2D eigenvalue weighted by Crippen LogP contribution is 2.37. The molecule has 1 atom stereocenters. The Hall–Kier alpha value is -1.24. The van der Waals surface area contributed by atoms with E-state index in [0.29, 0.717) is 12.6 Å². The third kappa shape index (κ3) is 3.70. The van der Waals surface area contributed by atoms with Gasteiger partial charge >= 0.3 is 6.18 Å². The number of halogens is 4. The fourth-order valence-electron chi connectivity index (χ4n) is 2.27. The summed E-state index contributed by atoms with van der Waals surface area (Å²) in [5, 5.41) is 2.53. The van der Waals surface area contributed by atoms with Crippen molar-refractivity contribution in [2.24, 2.45) is 0 Å². The smallest absolute Gasteiger partial charge is 0.351 e. The topological polar surface area (TPSA) is 29.1 Å². The summed E-state index contributed by atoms with van der Waals surface area (Å²) in [7, 11) is 0. The van der Waals surface area contributed by atoms with E-state index in [0.717, 1.165) is 30.7 Å². The van der Waals surface area contributed by atoms with Gasteiger partial charge in [-0.25, -0.2) is 4.39 Å². The number of carbonyl (C=O) groups is 1. The van der Waals surface area contributed by atoms with Crippen molar-refractivity contribution >= 4 is 17.7 Å². The molecule has 0 bridgehead atoms. The average Bonchev–Trinajstić information content (AvgIpc) is 2.82. The lowest BCUT2D eigenvalue weighted by molar-refractivity contribution is -0.140. The van der Waals surface area contributed by atoms with Gasteiger partial charge in [-0.05, 0) is 37.7 Å². The summed E-state index contributed by atoms with van der Waals surface area (Å²) in [5.41, 5.74) is -1.99. The zero-order valence-corrected chi connectivity index (χ0v) is 12.2. The first-order chi connectivity index (χ1) is 9.73. The fraction of sp³-hybridized carbons (Fsp3) is 0.500. The molecule has 7 heteroatoms. The highest BCUT2D eigenvalue weighted by Gasteiger charge is 2.36. The van der Waals surface area contributed by atoms with Gasteiger partial charge < -0.3 is 5.32 Å². The molecule has 0 spiro atoms. The van der Waals surface area contributed by atoms with Crippen molar-refractivity contribution in [1.82, 2.24) is 5.32 Å². The zero-order valence-electron chi connectivity index (χ0n) is 11.4. The number of alkyl halides is 3. The molecule has 1 N–H and O–H groups in total. The van der Waals surface area contributed by atoms with Crippen molar-refractivity contribution in [2.75, 3.05) is 12.3 Å². The van der Waals surface area contributed by atoms with Gasteiger partial charge in [-0.3, -0.25) is 4.79 Å². The minimum absolute atomic E-state index is 0.131. The van der Waals surface area contributed by atoms with E-state index in [2.05, 4.69) is 5.32 Å². The number of hydrogen-bond donors (Lipinski definition) is 1. The standard InChI is InChI=1S/C14H15F4NOS/c1-13(6-3-7-21-13)8-19-12(20)9-4-2-5-10(11(9)15)14(16,17)18/h2,4-5H,3,6-8H2,1H3,(H,19,20). The van der Waals surface area contributed by atoms with E-state index in [1.807, 2.05) is 6.92 Å². The molecular formula is C14H15F4NOS. The molecule has 2 rings (SSSR count). The first kappa shape index (κ1) is 16.1. The van der Waals surface area contributed by atoms with E-state index in [1.165, 1.54) is 0 Å². The van der Waals surface area contributed by atoms with Crippen LogP contribution < -0.4 is 5.32 Å². The van der Waals surface area contributed by atoms with Crippen molar-refractivity contribution in [3.05, 3.63) is 35.1 Å². The van der Waals surface area contributed by atoms with Crippen molar-refractivity contribution in [2.45, 2.75) is 30.7 Å². The molecule has 1 amide bonds. The number of thioether (sulfide) groups is 1. The highest BCUT2D eigenvalue weighted by molar-refractivity contribution is 8.00. The van der Waals surface area contributed by atoms with E-state index >= 15 is 0 Å². The second-order valence-corrected chi connectivity index (χ2v) is 6.93. The number of benzene rings is 1. The maximum Gasteiger partial charge on any atom is 0.419 e. The van der Waals surface area contributed by atoms with Crippen LogP contribution in [0, 0.1) is 5.82 Å². The zero-order chi connectivity index (χ0) is 15.7. The fourth-order valence-corrected chi connectivity index (χ4v) is 3.51. The summed E-state index contributed by atoms with van der Waals surface area (Å²) in [6, 6.07) is 2.72. The first-order valence-corrected chi connectivity index (χ1v) is 7.49. The molecule has 1 aliphatic heterocycles. The molecule has 2 nitrogen and oxygen atoms in total. The Labute approximate surface area is 124 Å². The molecule has 1 aromatic carbocycles. The van der Waals surface area contributed by atoms with Gasteiger partial charge in [0, 0.05) is 11.3 Å². The van der Waals surface area contributed by atoms with Crippen LogP contribution in [0.5, 0.6) is 0 Å². The van der Waals surface area contributed by atoms with Gasteiger partial charge in [0.2, 0.25) is 0 Å². The number of carbonyl (C=O) groups excluding carboxylic acids is 1. The number of amides is 1. The molecule has 1 unspecified atom stereocenters. The van der Waals surface area contributed by atoms with Crippen LogP contribution in [0.15, 0.2) is 18.2 Å². The molecule has 1 aliphatic rings. The Kier molecular flexibility index (Phi) is 4.51. The summed E-state index contributed by atoms with van der Waals surface area (Å²) < 4.78 is 51.5. The lowest BCUT2D eigenvalue weighted by atomic mass is 10.0. The third-order valence-electron chi connectivity index (χ3n) is 3.47. The maximum absolute atomic E-state index is 13.8. The van der Waals surface area contributed by atoms with Gasteiger partial charge in [0.1, 0.15) is 5.82 Å². The number of rotatable bonds is 3. The maximum atomic E-state index is 13.8. The summed E-state index contributed by atoms with van der Waals surface area (Å²) in [6.07, 6.45) is -2.86. The van der Waals surface area contributed by atoms with Crippen molar-refractivity contribution < 1.29 is 22.4 Å². The number of nitrogens with one attached hydrogen (secondary N) is 1. The van der Waals surface area contributed by atoms with Crippen LogP contribution in [0.3, 0.4) is 0 Å². The van der Waals surface area contributed by atoms with Gasteiger partial charge in [-0.15, -0.1) is 0 Å². The molecule has 1 saturated heterocycles. The van der Waals surface area contributed by atoms with Crippen LogP contribution >= 0.6 is 11.8 Å². The molecule has 0 aliphatic carbocycles. The second kappa shape index (κ2) is 5.87. The Balaban J connectivity index is 2.13. The average molecular weight is 321 g/mol. The van der Waals surface area contributed by atoms with E-state index in [1.54, 1.807) is 11.8 Å². The third-order valence-corrected chi connectivity index (χ3v) is 5.01. The Morgan fingerprint density at radius 3 is 2.71 bits per heavy atom. The van der Waals surface area contributed by atoms with Crippen LogP contribution in [0.4, 0.5) is 17.6 Å². The molecule has 1 aromatic rings. The highest BCUT2D eigenvalue weighted by atomic mass is 32.2. The van der Waals surface area contributed by atoms with E-state index in [4.69, 9.17) is 0 Å².